The van der Waals surface area contributed by atoms with E-state index in [1.54, 1.807) is 42.1 Å². The predicted molar refractivity (Wildman–Crippen MR) is 139 cm³/mol. The van der Waals surface area contributed by atoms with Gasteiger partial charge in [0.15, 0.2) is 5.78 Å². The van der Waals surface area contributed by atoms with Crippen LogP contribution in [0.4, 0.5) is 5.69 Å². The van der Waals surface area contributed by atoms with Crippen molar-refractivity contribution >= 4 is 57.5 Å². The number of allylic oxidation sites excluding steroid dienone is 1. The Morgan fingerprint density at radius 3 is 2.32 bits per heavy atom. The molecule has 8 heteroatoms. The van der Waals surface area contributed by atoms with Crippen LogP contribution in [-0.4, -0.2) is 46.0 Å². The summed E-state index contributed by atoms with van der Waals surface area (Å²) in [6, 6.07) is 20.1. The van der Waals surface area contributed by atoms with Crippen molar-refractivity contribution in [1.82, 2.24) is 8.75 Å². The Hall–Kier alpha value is -3.49. The summed E-state index contributed by atoms with van der Waals surface area (Å²) in [6.45, 7) is 0. The minimum atomic E-state index is -1.16. The van der Waals surface area contributed by atoms with Gasteiger partial charge in [0.05, 0.1) is 17.3 Å². The number of carboxylic acid groups (broad SMARTS) is 1. The van der Waals surface area contributed by atoms with Crippen LogP contribution >= 0.6 is 23.5 Å². The van der Waals surface area contributed by atoms with Crippen molar-refractivity contribution in [1.29, 1.82) is 0 Å². The number of hydrogen-bond donors (Lipinski definition) is 1. The number of carbonyl (C=O) groups is 2. The van der Waals surface area contributed by atoms with E-state index in [9.17, 15) is 14.7 Å². The first-order valence-electron chi connectivity index (χ1n) is 10.5. The molecule has 3 aromatic carbocycles. The average molecular weight is 490 g/mol. The summed E-state index contributed by atoms with van der Waals surface area (Å²) in [7, 11) is 3.88. The van der Waals surface area contributed by atoms with Gasteiger partial charge in [-0.05, 0) is 65.9 Å². The number of benzene rings is 3. The maximum atomic E-state index is 13.7. The van der Waals surface area contributed by atoms with Gasteiger partial charge in [0.2, 0.25) is 0 Å². The maximum Gasteiger partial charge on any atom is 0.336 e. The van der Waals surface area contributed by atoms with E-state index >= 15 is 0 Å². The molecule has 0 fully saturated rings. The van der Waals surface area contributed by atoms with E-state index in [1.807, 2.05) is 61.6 Å². The predicted octanol–water partition coefficient (Wildman–Crippen LogP) is 5.44. The molecule has 1 N–H and O–H groups in total. The normalized spacial score (nSPS) is 11.9. The molecule has 4 rings (SSSR count). The highest BCUT2D eigenvalue weighted by Gasteiger charge is 2.24. The zero-order valence-electron chi connectivity index (χ0n) is 19.0. The fourth-order valence-electron chi connectivity index (χ4n) is 3.71. The average Bonchev–Trinajstić information content (AvgIpc) is 3.31. The molecule has 0 amide bonds. The van der Waals surface area contributed by atoms with Gasteiger partial charge in [-0.2, -0.15) is 8.75 Å². The largest absolute Gasteiger partial charge is 0.478 e. The summed E-state index contributed by atoms with van der Waals surface area (Å²) in [5.74, 6) is -1.47. The summed E-state index contributed by atoms with van der Waals surface area (Å²) in [6.07, 6.45) is 2.14. The number of carboxylic acids is 1. The number of fused-ring (bicyclic) bond motifs is 1. The van der Waals surface area contributed by atoms with Gasteiger partial charge in [-0.15, -0.1) is 11.8 Å². The second kappa shape index (κ2) is 10.2. The van der Waals surface area contributed by atoms with E-state index in [-0.39, 0.29) is 23.4 Å². The van der Waals surface area contributed by atoms with E-state index in [0.29, 0.717) is 22.2 Å². The number of aliphatic carboxylic acids is 1. The lowest BCUT2D eigenvalue weighted by molar-refractivity contribution is -0.130. The first kappa shape index (κ1) is 23.7. The standard InChI is InChI=1S/C26H23N3O3S2/c1-29(2)19-6-4-5-16(13-19)14-21(25(30)17-7-10-20(33-3)11-8-17)24(26(31)32)18-9-12-22-23(15-18)28-34-27-22/h4-13,15H,14H2,1-3H3,(H,31,32)/b24-21+. The van der Waals surface area contributed by atoms with Gasteiger partial charge in [0.1, 0.15) is 11.0 Å². The number of anilines is 1. The summed E-state index contributed by atoms with van der Waals surface area (Å²) < 4.78 is 8.44. The molecule has 4 aromatic rings. The SMILES string of the molecule is CSc1ccc(C(=O)/C(Cc2cccc(N(C)C)c2)=C(/C(=O)O)c2ccc3nsnc3c2)cc1. The molecule has 1 aromatic heterocycles. The van der Waals surface area contributed by atoms with Crippen LogP contribution in [0.5, 0.6) is 0 Å². The van der Waals surface area contributed by atoms with Crippen LogP contribution in [0.15, 0.2) is 77.2 Å². The number of rotatable bonds is 8. The number of carbonyl (C=O) groups excluding carboxylic acids is 1. The van der Waals surface area contributed by atoms with E-state index in [4.69, 9.17) is 0 Å². The van der Waals surface area contributed by atoms with Crippen molar-refractivity contribution in [2.75, 3.05) is 25.3 Å². The molecule has 6 nitrogen and oxygen atoms in total. The molecule has 34 heavy (non-hydrogen) atoms. The molecular weight excluding hydrogens is 466 g/mol. The maximum absolute atomic E-state index is 13.7. The number of thioether (sulfide) groups is 1. The Balaban J connectivity index is 1.89. The lowest BCUT2D eigenvalue weighted by Gasteiger charge is -2.16. The molecule has 0 spiro atoms. The van der Waals surface area contributed by atoms with Crippen LogP contribution in [0.2, 0.25) is 0 Å². The van der Waals surface area contributed by atoms with Gasteiger partial charge >= 0.3 is 5.97 Å². The van der Waals surface area contributed by atoms with Crippen LogP contribution < -0.4 is 4.90 Å². The van der Waals surface area contributed by atoms with Crippen LogP contribution in [0, 0.1) is 0 Å². The van der Waals surface area contributed by atoms with Gasteiger partial charge in [0.25, 0.3) is 0 Å². The van der Waals surface area contributed by atoms with Gasteiger partial charge in [-0.25, -0.2) is 4.79 Å². The van der Waals surface area contributed by atoms with Crippen LogP contribution in [0.3, 0.4) is 0 Å². The Kier molecular flexibility index (Phi) is 7.09. The molecule has 0 atom stereocenters. The first-order valence-corrected chi connectivity index (χ1v) is 12.5. The van der Waals surface area contributed by atoms with Crippen molar-refractivity contribution < 1.29 is 14.7 Å². The topological polar surface area (TPSA) is 83.4 Å². The Bertz CT molecular complexity index is 1390. The first-order chi connectivity index (χ1) is 16.4. The number of Topliss-reactive ketones (excluding diaryl/α,β-unsaturated/α-hetero) is 1. The minimum Gasteiger partial charge on any atom is -0.478 e. The Morgan fingerprint density at radius 1 is 0.941 bits per heavy atom. The smallest absolute Gasteiger partial charge is 0.336 e. The molecule has 0 aliphatic rings. The van der Waals surface area contributed by atoms with Crippen molar-refractivity contribution in [2.45, 2.75) is 11.3 Å². The highest BCUT2D eigenvalue weighted by atomic mass is 32.2. The summed E-state index contributed by atoms with van der Waals surface area (Å²) in [4.78, 5) is 29.3. The lowest BCUT2D eigenvalue weighted by Crippen LogP contribution is -2.14. The van der Waals surface area contributed by atoms with Crippen LogP contribution in [-0.2, 0) is 11.2 Å². The number of nitrogens with zero attached hydrogens (tertiary/aromatic N) is 3. The highest BCUT2D eigenvalue weighted by Crippen LogP contribution is 2.29. The fourth-order valence-corrected chi connectivity index (χ4v) is 4.64. The molecule has 0 aliphatic heterocycles. The van der Waals surface area contributed by atoms with E-state index in [2.05, 4.69) is 8.75 Å². The molecular formula is C26H23N3O3S2. The number of ketones is 1. The number of aromatic nitrogens is 2. The monoisotopic (exact) mass is 489 g/mol. The van der Waals surface area contributed by atoms with E-state index in [1.165, 1.54) is 0 Å². The quantitative estimate of drug-likeness (QED) is 0.200. The molecule has 0 unspecified atom stereocenters. The van der Waals surface area contributed by atoms with Crippen molar-refractivity contribution in [3.63, 3.8) is 0 Å². The molecule has 1 heterocycles. The molecule has 0 bridgehead atoms. The van der Waals surface area contributed by atoms with Crippen LogP contribution in [0.1, 0.15) is 21.5 Å². The number of hydrogen-bond acceptors (Lipinski definition) is 7. The summed E-state index contributed by atoms with van der Waals surface area (Å²) >= 11 is 2.65. The molecule has 0 saturated heterocycles. The van der Waals surface area contributed by atoms with Crippen molar-refractivity contribution in [2.24, 2.45) is 0 Å². The third kappa shape index (κ3) is 5.03. The second-order valence-electron chi connectivity index (χ2n) is 7.93. The Morgan fingerprint density at radius 2 is 1.65 bits per heavy atom. The summed E-state index contributed by atoms with van der Waals surface area (Å²) in [5, 5.41) is 10.3. The van der Waals surface area contributed by atoms with Gasteiger partial charge in [-0.1, -0.05) is 18.2 Å². The molecule has 172 valence electrons. The van der Waals surface area contributed by atoms with Crippen molar-refractivity contribution in [3.8, 4) is 0 Å². The fraction of sp³-hybridized carbons (Fsp3) is 0.154. The molecule has 0 saturated carbocycles. The van der Waals surface area contributed by atoms with E-state index in [0.717, 1.165) is 27.9 Å². The van der Waals surface area contributed by atoms with Gasteiger partial charge in [-0.3, -0.25) is 4.79 Å². The van der Waals surface area contributed by atoms with Gasteiger partial charge < -0.3 is 10.0 Å². The summed E-state index contributed by atoms with van der Waals surface area (Å²) in [5.41, 5.74) is 4.20. The third-order valence-electron chi connectivity index (χ3n) is 5.49. The highest BCUT2D eigenvalue weighted by molar-refractivity contribution is 7.98. The third-order valence-corrected chi connectivity index (χ3v) is 6.79. The zero-order chi connectivity index (χ0) is 24.2. The lowest BCUT2D eigenvalue weighted by atomic mass is 9.89. The molecule has 0 radical (unpaired) electrons. The second-order valence-corrected chi connectivity index (χ2v) is 9.33. The van der Waals surface area contributed by atoms with Crippen LogP contribution in [0.25, 0.3) is 16.6 Å². The molecule has 0 aliphatic carbocycles. The Labute approximate surface area is 206 Å². The van der Waals surface area contributed by atoms with Crippen molar-refractivity contribution in [3.05, 3.63) is 89.0 Å². The van der Waals surface area contributed by atoms with Gasteiger partial charge in [0, 0.05) is 42.2 Å². The minimum absolute atomic E-state index is 0.0240. The van der Waals surface area contributed by atoms with E-state index < -0.39 is 5.97 Å². The zero-order valence-corrected chi connectivity index (χ0v) is 20.6.